The summed E-state index contributed by atoms with van der Waals surface area (Å²) in [5.41, 5.74) is 0. The number of carbonyl (C=O) groups is 2. The Labute approximate surface area is 111 Å². The van der Waals surface area contributed by atoms with E-state index in [0.717, 1.165) is 5.75 Å². The normalized spacial score (nSPS) is 11.9. The highest BCUT2D eigenvalue weighted by molar-refractivity contribution is 8.03. The molecule has 0 heterocycles. The fraction of sp³-hybridized carbons (Fsp3) is 0.818. The molecular weight excluding hydrogens is 260 g/mol. The number of hydrogen-bond donors (Lipinski definition) is 0. The van der Waals surface area contributed by atoms with Gasteiger partial charge < -0.3 is 9.47 Å². The first kappa shape index (κ1) is 16.6. The summed E-state index contributed by atoms with van der Waals surface area (Å²) in [5, 5.41) is 0.318. The Hall–Kier alpha value is -0.360. The molecule has 0 N–H and O–H groups in total. The second-order valence-electron chi connectivity index (χ2n) is 3.25. The summed E-state index contributed by atoms with van der Waals surface area (Å²) < 4.78 is 9.64. The van der Waals surface area contributed by atoms with Gasteiger partial charge in [0.05, 0.1) is 24.7 Å². The minimum Gasteiger partial charge on any atom is -0.465 e. The Morgan fingerprint density at radius 1 is 1.06 bits per heavy atom. The zero-order valence-electron chi connectivity index (χ0n) is 10.6. The summed E-state index contributed by atoms with van der Waals surface area (Å²) in [6, 6.07) is 0. The summed E-state index contributed by atoms with van der Waals surface area (Å²) >= 11 is 3.07. The lowest BCUT2D eigenvalue weighted by atomic mass is 10.6. The summed E-state index contributed by atoms with van der Waals surface area (Å²) in [7, 11) is 0. The van der Waals surface area contributed by atoms with Gasteiger partial charge in [0.25, 0.3) is 0 Å². The van der Waals surface area contributed by atoms with Gasteiger partial charge in [-0.3, -0.25) is 9.59 Å². The molecule has 17 heavy (non-hydrogen) atoms. The van der Waals surface area contributed by atoms with Crippen LogP contribution in [0.4, 0.5) is 0 Å². The van der Waals surface area contributed by atoms with Crippen LogP contribution in [0.2, 0.25) is 0 Å². The summed E-state index contributed by atoms with van der Waals surface area (Å²) in [5.74, 6) is 1.20. The Kier molecular flexibility index (Phi) is 10.5. The zero-order chi connectivity index (χ0) is 13.1. The summed E-state index contributed by atoms with van der Waals surface area (Å²) in [6.07, 6.45) is 0. The van der Waals surface area contributed by atoms with E-state index in [1.54, 1.807) is 25.6 Å². The molecule has 0 aliphatic carbocycles. The average molecular weight is 280 g/mol. The number of thioether (sulfide) groups is 2. The van der Waals surface area contributed by atoms with Gasteiger partial charge in [0.15, 0.2) is 0 Å². The van der Waals surface area contributed by atoms with Crippen LogP contribution in [-0.2, 0) is 19.1 Å². The zero-order valence-corrected chi connectivity index (χ0v) is 12.2. The summed E-state index contributed by atoms with van der Waals surface area (Å²) in [4.78, 5) is 22.1. The molecule has 0 radical (unpaired) electrons. The minimum absolute atomic E-state index is 0.180. The second-order valence-corrected chi connectivity index (χ2v) is 5.70. The van der Waals surface area contributed by atoms with E-state index >= 15 is 0 Å². The average Bonchev–Trinajstić information content (AvgIpc) is 2.27. The highest BCUT2D eigenvalue weighted by Crippen LogP contribution is 2.16. The van der Waals surface area contributed by atoms with Crippen LogP contribution in [0.5, 0.6) is 0 Å². The predicted molar refractivity (Wildman–Crippen MR) is 72.5 cm³/mol. The van der Waals surface area contributed by atoms with E-state index in [0.29, 0.717) is 30.0 Å². The van der Waals surface area contributed by atoms with Gasteiger partial charge in [-0.05, 0) is 13.8 Å². The van der Waals surface area contributed by atoms with Crippen molar-refractivity contribution >= 4 is 35.5 Å². The van der Waals surface area contributed by atoms with Gasteiger partial charge in [-0.1, -0.05) is 6.92 Å². The van der Waals surface area contributed by atoms with Crippen LogP contribution in [0.1, 0.15) is 20.8 Å². The van der Waals surface area contributed by atoms with Crippen LogP contribution < -0.4 is 0 Å². The molecule has 100 valence electrons. The fourth-order valence-electron chi connectivity index (χ4n) is 0.972. The monoisotopic (exact) mass is 280 g/mol. The van der Waals surface area contributed by atoms with Crippen LogP contribution in [-0.4, -0.2) is 47.7 Å². The van der Waals surface area contributed by atoms with Gasteiger partial charge in [0.2, 0.25) is 0 Å². The highest BCUT2D eigenvalue weighted by Gasteiger charge is 2.09. The molecule has 0 aliphatic heterocycles. The van der Waals surface area contributed by atoms with E-state index in [4.69, 9.17) is 9.47 Å². The fourth-order valence-corrected chi connectivity index (χ4v) is 2.85. The van der Waals surface area contributed by atoms with Gasteiger partial charge in [-0.15, -0.1) is 23.5 Å². The molecule has 0 bridgehead atoms. The van der Waals surface area contributed by atoms with Crippen molar-refractivity contribution < 1.29 is 19.1 Å². The largest absolute Gasteiger partial charge is 0.465 e. The van der Waals surface area contributed by atoms with E-state index in [2.05, 4.69) is 0 Å². The van der Waals surface area contributed by atoms with Gasteiger partial charge >= 0.3 is 11.9 Å². The van der Waals surface area contributed by atoms with Crippen molar-refractivity contribution in [1.29, 1.82) is 0 Å². The molecule has 0 saturated heterocycles. The SMILES string of the molecule is CCOC(=O)CSCC(C)SCC(=O)OCC. The van der Waals surface area contributed by atoms with E-state index in [1.165, 1.54) is 11.8 Å². The lowest BCUT2D eigenvalue weighted by molar-refractivity contribution is -0.140. The second kappa shape index (κ2) is 10.8. The van der Waals surface area contributed by atoms with Crippen molar-refractivity contribution in [2.24, 2.45) is 0 Å². The maximum Gasteiger partial charge on any atom is 0.315 e. The molecule has 0 saturated carbocycles. The Balaban J connectivity index is 3.49. The first-order valence-corrected chi connectivity index (χ1v) is 7.81. The lowest BCUT2D eigenvalue weighted by Gasteiger charge is -2.09. The molecular formula is C11H20O4S2. The van der Waals surface area contributed by atoms with Gasteiger partial charge in [-0.25, -0.2) is 0 Å². The third kappa shape index (κ3) is 10.5. The van der Waals surface area contributed by atoms with Crippen LogP contribution >= 0.6 is 23.5 Å². The Bertz CT molecular complexity index is 234. The molecule has 0 rings (SSSR count). The van der Waals surface area contributed by atoms with Crippen LogP contribution in [0.25, 0.3) is 0 Å². The van der Waals surface area contributed by atoms with Gasteiger partial charge in [0, 0.05) is 11.0 Å². The van der Waals surface area contributed by atoms with Gasteiger partial charge in [-0.2, -0.15) is 0 Å². The third-order valence-corrected chi connectivity index (χ3v) is 4.19. The van der Waals surface area contributed by atoms with Crippen molar-refractivity contribution in [2.75, 3.05) is 30.5 Å². The van der Waals surface area contributed by atoms with Crippen molar-refractivity contribution in [3.05, 3.63) is 0 Å². The van der Waals surface area contributed by atoms with Crippen LogP contribution in [0.3, 0.4) is 0 Å². The van der Waals surface area contributed by atoms with Crippen molar-refractivity contribution in [3.8, 4) is 0 Å². The molecule has 1 atom stereocenters. The van der Waals surface area contributed by atoms with Crippen molar-refractivity contribution in [2.45, 2.75) is 26.0 Å². The third-order valence-electron chi connectivity index (χ3n) is 1.67. The Morgan fingerprint density at radius 2 is 1.59 bits per heavy atom. The van der Waals surface area contributed by atoms with E-state index < -0.39 is 0 Å². The molecule has 0 aromatic heterocycles. The molecule has 4 nitrogen and oxygen atoms in total. The quantitative estimate of drug-likeness (QED) is 0.602. The molecule has 6 heteroatoms. The van der Waals surface area contributed by atoms with Crippen LogP contribution in [0.15, 0.2) is 0 Å². The highest BCUT2D eigenvalue weighted by atomic mass is 32.2. The van der Waals surface area contributed by atoms with Crippen molar-refractivity contribution in [1.82, 2.24) is 0 Å². The maximum atomic E-state index is 11.1. The number of hydrogen-bond acceptors (Lipinski definition) is 6. The number of carbonyl (C=O) groups excluding carboxylic acids is 2. The van der Waals surface area contributed by atoms with E-state index in [1.807, 2.05) is 6.92 Å². The molecule has 0 aromatic carbocycles. The van der Waals surface area contributed by atoms with Gasteiger partial charge in [0.1, 0.15) is 0 Å². The first-order chi connectivity index (χ1) is 8.10. The maximum absolute atomic E-state index is 11.1. The molecule has 0 amide bonds. The Morgan fingerprint density at radius 3 is 2.12 bits per heavy atom. The lowest BCUT2D eigenvalue weighted by Crippen LogP contribution is -2.12. The molecule has 0 aromatic rings. The number of rotatable bonds is 9. The topological polar surface area (TPSA) is 52.6 Å². The molecule has 0 fully saturated rings. The number of ether oxygens (including phenoxy) is 2. The molecule has 1 unspecified atom stereocenters. The number of esters is 2. The van der Waals surface area contributed by atoms with Crippen LogP contribution in [0, 0.1) is 0 Å². The van der Waals surface area contributed by atoms with Crippen molar-refractivity contribution in [3.63, 3.8) is 0 Å². The molecule has 0 spiro atoms. The molecule has 0 aliphatic rings. The summed E-state index contributed by atoms with van der Waals surface area (Å²) in [6.45, 7) is 6.46. The first-order valence-electron chi connectivity index (χ1n) is 5.60. The predicted octanol–water partition coefficient (Wildman–Crippen LogP) is 1.97. The minimum atomic E-state index is -0.181. The van der Waals surface area contributed by atoms with E-state index in [-0.39, 0.29) is 11.9 Å². The smallest absolute Gasteiger partial charge is 0.315 e. The van der Waals surface area contributed by atoms with E-state index in [9.17, 15) is 9.59 Å². The standard InChI is InChI=1S/C11H20O4S2/c1-4-14-10(12)7-16-6-9(3)17-8-11(13)15-5-2/h9H,4-8H2,1-3H3.